The van der Waals surface area contributed by atoms with E-state index in [1.54, 1.807) is 0 Å². The van der Waals surface area contributed by atoms with E-state index in [4.69, 9.17) is 14.2 Å². The first-order valence-corrected chi connectivity index (χ1v) is 5.95. The third-order valence-electron chi connectivity index (χ3n) is 3.06. The van der Waals surface area contributed by atoms with Crippen LogP contribution < -0.4 is 0 Å². The highest BCUT2D eigenvalue weighted by atomic mass is 19.3. The van der Waals surface area contributed by atoms with E-state index in [1.807, 2.05) is 0 Å². The van der Waals surface area contributed by atoms with Crippen molar-refractivity contribution < 1.29 is 32.5 Å². The number of carbonyl (C=O) groups excluding carboxylic acids is 1. The van der Waals surface area contributed by atoms with Crippen molar-refractivity contribution in [2.45, 2.75) is 37.6 Å². The molecule has 1 atom stereocenters. The van der Waals surface area contributed by atoms with Crippen LogP contribution in [-0.4, -0.2) is 50.2 Å². The van der Waals surface area contributed by atoms with Crippen molar-refractivity contribution in [1.29, 1.82) is 0 Å². The van der Waals surface area contributed by atoms with Crippen molar-refractivity contribution >= 4 is 5.97 Å². The second kappa shape index (κ2) is 5.07. The third kappa shape index (κ3) is 2.48. The van der Waals surface area contributed by atoms with E-state index in [9.17, 15) is 13.6 Å². The Balaban J connectivity index is 2.05. The fourth-order valence-electron chi connectivity index (χ4n) is 2.15. The Morgan fingerprint density at radius 1 is 1.39 bits per heavy atom. The van der Waals surface area contributed by atoms with E-state index in [0.717, 1.165) is 0 Å². The summed E-state index contributed by atoms with van der Waals surface area (Å²) >= 11 is 0. The normalized spacial score (nSPS) is 27.4. The van der Waals surface area contributed by atoms with Crippen molar-refractivity contribution in [2.24, 2.45) is 0 Å². The summed E-state index contributed by atoms with van der Waals surface area (Å²) in [5, 5.41) is 0. The average Bonchev–Trinajstić information content (AvgIpc) is 2.77. The zero-order chi connectivity index (χ0) is 13.2. The number of ether oxygens (including phenoxy) is 4. The number of hydrogen-bond acceptors (Lipinski definition) is 5. The van der Waals surface area contributed by atoms with Gasteiger partial charge in [0.05, 0.1) is 26.4 Å². The number of esters is 1. The molecule has 2 rings (SSSR count). The average molecular weight is 266 g/mol. The SMILES string of the molecule is CCOC(=O)C(F)(F)C1CC2(CCO1)OCCO2. The molecule has 5 nitrogen and oxygen atoms in total. The monoisotopic (exact) mass is 266 g/mol. The predicted octanol–water partition coefficient (Wildman–Crippen LogP) is 1.11. The fourth-order valence-corrected chi connectivity index (χ4v) is 2.15. The Labute approximate surface area is 103 Å². The van der Waals surface area contributed by atoms with Crippen molar-refractivity contribution in [2.75, 3.05) is 26.4 Å². The first-order chi connectivity index (χ1) is 8.50. The van der Waals surface area contributed by atoms with Gasteiger partial charge in [-0.1, -0.05) is 0 Å². The lowest BCUT2D eigenvalue weighted by Crippen LogP contribution is -2.52. The van der Waals surface area contributed by atoms with Crippen LogP contribution in [0.5, 0.6) is 0 Å². The molecule has 0 aliphatic carbocycles. The molecule has 1 spiro atoms. The van der Waals surface area contributed by atoms with Gasteiger partial charge in [-0.3, -0.25) is 0 Å². The lowest BCUT2D eigenvalue weighted by Gasteiger charge is -2.38. The molecule has 2 fully saturated rings. The summed E-state index contributed by atoms with van der Waals surface area (Å²) in [5.74, 6) is -6.28. The maximum atomic E-state index is 13.8. The molecule has 18 heavy (non-hydrogen) atoms. The third-order valence-corrected chi connectivity index (χ3v) is 3.06. The molecule has 104 valence electrons. The standard InChI is InChI=1S/C11H16F2O5/c1-2-15-9(14)11(12,13)8-7-10(3-4-16-8)17-5-6-18-10/h8H,2-7H2,1H3. The number of alkyl halides is 2. The number of rotatable bonds is 3. The van der Waals surface area contributed by atoms with Gasteiger partial charge in [0.1, 0.15) is 6.10 Å². The molecule has 7 heteroatoms. The van der Waals surface area contributed by atoms with Gasteiger partial charge in [-0.15, -0.1) is 0 Å². The van der Waals surface area contributed by atoms with Crippen molar-refractivity contribution in [1.82, 2.24) is 0 Å². The molecular weight excluding hydrogens is 250 g/mol. The molecule has 0 aromatic carbocycles. The van der Waals surface area contributed by atoms with Gasteiger partial charge in [0.25, 0.3) is 0 Å². The molecule has 0 amide bonds. The van der Waals surface area contributed by atoms with E-state index in [0.29, 0.717) is 19.6 Å². The van der Waals surface area contributed by atoms with Gasteiger partial charge in [-0.05, 0) is 6.92 Å². The summed E-state index contributed by atoms with van der Waals surface area (Å²) in [6.45, 7) is 2.19. The van der Waals surface area contributed by atoms with Crippen LogP contribution in [0.1, 0.15) is 19.8 Å². The van der Waals surface area contributed by atoms with Crippen LogP contribution in [0.15, 0.2) is 0 Å². The molecule has 2 heterocycles. The molecule has 2 aliphatic rings. The molecule has 0 radical (unpaired) electrons. The van der Waals surface area contributed by atoms with Crippen LogP contribution in [0.25, 0.3) is 0 Å². The molecule has 0 aromatic heterocycles. The zero-order valence-electron chi connectivity index (χ0n) is 10.1. The molecule has 1 unspecified atom stereocenters. The number of carbonyl (C=O) groups is 1. The van der Waals surface area contributed by atoms with Gasteiger partial charge in [-0.2, -0.15) is 8.78 Å². The second-order valence-electron chi connectivity index (χ2n) is 4.26. The van der Waals surface area contributed by atoms with Crippen LogP contribution in [0.2, 0.25) is 0 Å². The van der Waals surface area contributed by atoms with E-state index in [-0.39, 0.29) is 19.6 Å². The van der Waals surface area contributed by atoms with Crippen LogP contribution >= 0.6 is 0 Å². The largest absolute Gasteiger partial charge is 0.461 e. The van der Waals surface area contributed by atoms with Crippen LogP contribution in [-0.2, 0) is 23.7 Å². The number of halogens is 2. The van der Waals surface area contributed by atoms with E-state index < -0.39 is 23.8 Å². The number of hydrogen-bond donors (Lipinski definition) is 0. The van der Waals surface area contributed by atoms with Gasteiger partial charge in [-0.25, -0.2) is 4.79 Å². The highest BCUT2D eigenvalue weighted by Crippen LogP contribution is 2.39. The van der Waals surface area contributed by atoms with Crippen molar-refractivity contribution in [3.63, 3.8) is 0 Å². The molecule has 0 N–H and O–H groups in total. The first-order valence-electron chi connectivity index (χ1n) is 5.95. The summed E-state index contributed by atoms with van der Waals surface area (Å²) in [4.78, 5) is 11.2. The van der Waals surface area contributed by atoms with Gasteiger partial charge in [0, 0.05) is 12.8 Å². The van der Waals surface area contributed by atoms with Gasteiger partial charge >= 0.3 is 11.9 Å². The van der Waals surface area contributed by atoms with Gasteiger partial charge in [0.15, 0.2) is 5.79 Å². The Kier molecular flexibility index (Phi) is 3.84. The van der Waals surface area contributed by atoms with Gasteiger partial charge in [0.2, 0.25) is 0 Å². The van der Waals surface area contributed by atoms with E-state index >= 15 is 0 Å². The highest BCUT2D eigenvalue weighted by Gasteiger charge is 2.56. The summed E-state index contributed by atoms with van der Waals surface area (Å²) in [6.07, 6.45) is -1.34. The molecule has 0 saturated carbocycles. The smallest absolute Gasteiger partial charge is 0.379 e. The van der Waals surface area contributed by atoms with Crippen LogP contribution in [0.4, 0.5) is 8.78 Å². The summed E-state index contributed by atoms with van der Waals surface area (Å²) in [6, 6.07) is 0. The Morgan fingerprint density at radius 2 is 2.06 bits per heavy atom. The minimum absolute atomic E-state index is 0.0691. The van der Waals surface area contributed by atoms with E-state index in [1.165, 1.54) is 6.92 Å². The first kappa shape index (κ1) is 13.6. The van der Waals surface area contributed by atoms with E-state index in [2.05, 4.69) is 4.74 Å². The second-order valence-corrected chi connectivity index (χ2v) is 4.26. The Hall–Kier alpha value is -0.790. The maximum absolute atomic E-state index is 13.8. The molecular formula is C11H16F2O5. The van der Waals surface area contributed by atoms with Crippen LogP contribution in [0, 0.1) is 0 Å². The molecule has 0 bridgehead atoms. The molecule has 2 saturated heterocycles. The molecule has 0 aromatic rings. The Morgan fingerprint density at radius 3 is 2.67 bits per heavy atom. The van der Waals surface area contributed by atoms with Crippen LogP contribution in [0.3, 0.4) is 0 Å². The summed E-state index contributed by atoms with van der Waals surface area (Å²) < 4.78 is 47.7. The lowest BCUT2D eigenvalue weighted by molar-refractivity contribution is -0.258. The fraction of sp³-hybridized carbons (Fsp3) is 0.909. The highest BCUT2D eigenvalue weighted by molar-refractivity contribution is 5.78. The quantitative estimate of drug-likeness (QED) is 0.716. The predicted molar refractivity (Wildman–Crippen MR) is 55.2 cm³/mol. The maximum Gasteiger partial charge on any atom is 0.379 e. The summed E-state index contributed by atoms with van der Waals surface area (Å²) in [7, 11) is 0. The van der Waals surface area contributed by atoms with Crippen molar-refractivity contribution in [3.05, 3.63) is 0 Å². The lowest BCUT2D eigenvalue weighted by atomic mass is 9.97. The Bertz CT molecular complexity index is 315. The minimum atomic E-state index is -3.68. The molecule has 2 aliphatic heterocycles. The van der Waals surface area contributed by atoms with Gasteiger partial charge < -0.3 is 18.9 Å². The topological polar surface area (TPSA) is 54.0 Å². The minimum Gasteiger partial charge on any atom is -0.461 e. The summed E-state index contributed by atoms with van der Waals surface area (Å²) in [5.41, 5.74) is 0. The van der Waals surface area contributed by atoms with Crippen molar-refractivity contribution in [3.8, 4) is 0 Å². The zero-order valence-corrected chi connectivity index (χ0v) is 10.1.